The SMILES string of the molecule is C[C@@H](SC1COC(/C=C/C=C/c2ccc(C#N)cc2F)OC1)[C@@](Cn1cncn1)(OP(=O)(O[C@@](Cn1cncn1)(c1ccc(F)cc1F)[C@@H](C)SC1COC(/C=C/C=C/c2ccc(C#N)cc2F)OC1)O[C@@](Cn1cncn1)(c1ccc(F)cc1F)[C@@H](C)SC1COC(/C=C/C=C/c2ccc(C#N)cc2F)OC1)c1ccc(F)cc1F. The van der Waals surface area contributed by atoms with Gasteiger partial charge in [-0.15, -0.1) is 35.3 Å². The molecule has 6 atom stereocenters. The molecule has 3 aliphatic rings. The van der Waals surface area contributed by atoms with Gasteiger partial charge in [-0.05, 0) is 72.8 Å². The zero-order valence-electron chi connectivity index (χ0n) is 61.9. The van der Waals surface area contributed by atoms with E-state index in [1.54, 1.807) is 57.2 Å². The van der Waals surface area contributed by atoms with E-state index in [1.807, 2.05) is 18.2 Å². The average molecular weight is 1670 g/mol. The Hall–Kier alpha value is -10.1. The Balaban J connectivity index is 0.980. The first-order chi connectivity index (χ1) is 56.0. The van der Waals surface area contributed by atoms with E-state index in [0.29, 0.717) is 18.2 Å². The van der Waals surface area contributed by atoms with E-state index in [1.165, 1.54) is 106 Å². The van der Waals surface area contributed by atoms with Gasteiger partial charge in [0.1, 0.15) is 107 Å². The van der Waals surface area contributed by atoms with Crippen LogP contribution in [0.2, 0.25) is 0 Å². The Kier molecular flexibility index (Phi) is 28.9. The van der Waals surface area contributed by atoms with Crippen LogP contribution in [0.15, 0.2) is 202 Å². The summed E-state index contributed by atoms with van der Waals surface area (Å²) in [5, 5.41) is 34.6. The standard InChI is InChI=1S/C81H72F9N12O10PS3/c1-52(114-64-37-104-76(105-38-64)13-7-4-10-58-19-16-55(34-91)28-70(58)85)79(43-100-49-94-46-97-100,67-25-22-61(82)31-73(67)88)110-113(103,111-80(44-101-50-95-47-98-101,68-26-23-62(83)32-74(68)89)53(2)115-65-39-106-77(107-40-65)14-8-5-11-59-20-17-56(35-92)29-71(59)86)112-81(45-102-51-96-48-99-102,69-27-24-63(84)33-75(69)90)54(3)116-66-41-108-78(109-42-66)15-9-6-12-60-21-18-57(36-93)30-72(60)87/h4-33,46-54,64-66,76-78H,37-45H2,1-3H3/b10-4+,11-5+,12-6+,13-7+,14-8+,15-9+/t52-,53-,54-,64?,65?,66?,76?,77?,78?,79-,80-,81-,113?/m1/s1. The molecule has 116 heavy (non-hydrogen) atoms. The van der Waals surface area contributed by atoms with Crippen LogP contribution in [0.25, 0.3) is 18.2 Å². The Morgan fingerprint density at radius 3 is 0.931 bits per heavy atom. The molecule has 12 rings (SSSR count). The number of hydrogen-bond donors (Lipinski definition) is 0. The van der Waals surface area contributed by atoms with Crippen molar-refractivity contribution in [2.24, 2.45) is 0 Å². The first-order valence-corrected chi connectivity index (χ1v) is 40.1. The van der Waals surface area contributed by atoms with Crippen LogP contribution in [0.1, 0.15) is 70.8 Å². The molecule has 3 aromatic heterocycles. The molecule has 0 radical (unpaired) electrons. The third-order valence-electron chi connectivity index (χ3n) is 18.8. The highest BCUT2D eigenvalue weighted by molar-refractivity contribution is 8.01. The molecule has 0 N–H and O–H groups in total. The topological polar surface area (TPSA) is 264 Å². The summed E-state index contributed by atoms with van der Waals surface area (Å²) in [4.78, 5) is 12.5. The predicted molar refractivity (Wildman–Crippen MR) is 413 cm³/mol. The molecule has 3 fully saturated rings. The van der Waals surface area contributed by atoms with Gasteiger partial charge < -0.3 is 28.4 Å². The van der Waals surface area contributed by atoms with Gasteiger partial charge >= 0.3 is 7.82 Å². The van der Waals surface area contributed by atoms with Crippen molar-refractivity contribution in [3.63, 3.8) is 0 Å². The van der Waals surface area contributed by atoms with Gasteiger partial charge in [-0.3, -0.25) is 13.6 Å². The Morgan fingerprint density at radius 2 is 0.698 bits per heavy atom. The van der Waals surface area contributed by atoms with Gasteiger partial charge in [0, 0.05) is 67.3 Å². The minimum Gasteiger partial charge on any atom is -0.348 e. The molecule has 0 bridgehead atoms. The monoisotopic (exact) mass is 1670 g/mol. The van der Waals surface area contributed by atoms with Crippen molar-refractivity contribution in [3.05, 3.63) is 304 Å². The molecule has 0 saturated carbocycles. The third kappa shape index (κ3) is 21.4. The van der Waals surface area contributed by atoms with Crippen LogP contribution in [0.4, 0.5) is 39.5 Å². The predicted octanol–water partition coefficient (Wildman–Crippen LogP) is 16.0. The number of thioether (sulfide) groups is 3. The number of nitriles is 3. The van der Waals surface area contributed by atoms with E-state index in [4.69, 9.17) is 42.0 Å². The fourth-order valence-corrected chi connectivity index (χ4v) is 19.5. The lowest BCUT2D eigenvalue weighted by atomic mass is 9.90. The van der Waals surface area contributed by atoms with Crippen molar-refractivity contribution in [3.8, 4) is 18.2 Å². The van der Waals surface area contributed by atoms with Gasteiger partial charge in [-0.1, -0.05) is 112 Å². The summed E-state index contributed by atoms with van der Waals surface area (Å²) in [5.74, 6) is -9.00. The molecule has 0 unspecified atom stereocenters. The maximum absolute atomic E-state index is 18.7. The molecular weight excluding hydrogens is 1600 g/mol. The zero-order valence-corrected chi connectivity index (χ0v) is 65.2. The molecule has 0 spiro atoms. The number of phosphoric ester groups is 1. The summed E-state index contributed by atoms with van der Waals surface area (Å²) in [6.45, 7) is 1.78. The molecule has 0 aliphatic carbocycles. The van der Waals surface area contributed by atoms with Crippen molar-refractivity contribution in [2.75, 3.05) is 39.6 Å². The highest BCUT2D eigenvalue weighted by Gasteiger charge is 2.60. The molecule has 3 saturated heterocycles. The molecule has 3 aliphatic heterocycles. The van der Waals surface area contributed by atoms with Gasteiger partial charge in [0.25, 0.3) is 0 Å². The van der Waals surface area contributed by atoms with Crippen molar-refractivity contribution >= 4 is 61.3 Å². The van der Waals surface area contributed by atoms with E-state index in [2.05, 4.69) is 30.2 Å². The summed E-state index contributed by atoms with van der Waals surface area (Å²) in [5.41, 5.74) is -8.52. The largest absolute Gasteiger partial charge is 0.477 e. The van der Waals surface area contributed by atoms with Crippen LogP contribution in [-0.2, 0) is 83.0 Å². The van der Waals surface area contributed by atoms with E-state index >= 15 is 30.9 Å². The smallest absolute Gasteiger partial charge is 0.348 e. The Labute approximate surface area is 673 Å². The number of allylic oxidation sites excluding steroid dienone is 6. The first-order valence-electron chi connectivity index (χ1n) is 35.8. The second kappa shape index (κ2) is 39.3. The van der Waals surface area contributed by atoms with Crippen LogP contribution in [0.5, 0.6) is 0 Å². The second-order valence-corrected chi connectivity index (χ2v) is 33.0. The first kappa shape index (κ1) is 85.3. The molecule has 0 amide bonds. The van der Waals surface area contributed by atoms with Gasteiger partial charge in [0.05, 0.1) is 110 Å². The van der Waals surface area contributed by atoms with Crippen LogP contribution < -0.4 is 0 Å². The molecule has 6 aromatic carbocycles. The number of halogens is 9. The fraction of sp³-hybridized carbons (Fsp3) is 0.296. The second-order valence-electron chi connectivity index (χ2n) is 26.6. The summed E-state index contributed by atoms with van der Waals surface area (Å²) in [6, 6.07) is 25.2. The lowest BCUT2D eigenvalue weighted by Gasteiger charge is -2.48. The highest BCUT2D eigenvalue weighted by Crippen LogP contribution is 2.67. The third-order valence-corrected chi connectivity index (χ3v) is 24.8. The van der Waals surface area contributed by atoms with Gasteiger partial charge in [-0.25, -0.2) is 73.1 Å². The fourth-order valence-electron chi connectivity index (χ4n) is 13.0. The molecule has 602 valence electrons. The highest BCUT2D eigenvalue weighted by atomic mass is 32.2. The van der Waals surface area contributed by atoms with Crippen LogP contribution >= 0.6 is 43.1 Å². The van der Waals surface area contributed by atoms with Crippen molar-refractivity contribution in [1.29, 1.82) is 15.8 Å². The number of rotatable bonds is 33. The minimum absolute atomic E-state index is 0.110. The van der Waals surface area contributed by atoms with E-state index < -0.39 is 164 Å². The van der Waals surface area contributed by atoms with Crippen molar-refractivity contribution < 1.29 is 86.1 Å². The summed E-state index contributed by atoms with van der Waals surface area (Å²) < 4.78 is 228. The number of benzene rings is 6. The molecule has 6 heterocycles. The van der Waals surface area contributed by atoms with E-state index in [-0.39, 0.29) is 73.0 Å². The van der Waals surface area contributed by atoms with Gasteiger partial charge in [0.15, 0.2) is 18.9 Å². The Bertz CT molecular complexity index is 4740. The zero-order chi connectivity index (χ0) is 82.0. The van der Waals surface area contributed by atoms with Crippen molar-refractivity contribution in [1.82, 2.24) is 44.3 Å². The number of ether oxygens (including phenoxy) is 6. The van der Waals surface area contributed by atoms with E-state index in [9.17, 15) is 29.0 Å². The number of nitrogens with zero attached hydrogens (tertiary/aromatic N) is 12. The summed E-state index contributed by atoms with van der Waals surface area (Å²) >= 11 is 3.11. The minimum atomic E-state index is -6.37. The van der Waals surface area contributed by atoms with Crippen LogP contribution in [0, 0.1) is 86.3 Å². The molecular formula is C81H72F9N12O10PS3. The normalized spacial score (nSPS) is 21.1. The number of phosphoric acid groups is 1. The van der Waals surface area contributed by atoms with Crippen LogP contribution in [0.3, 0.4) is 0 Å². The molecule has 35 heteroatoms. The van der Waals surface area contributed by atoms with Crippen LogP contribution in [-0.4, -0.2) is 134 Å². The lowest BCUT2D eigenvalue weighted by molar-refractivity contribution is -0.146. The quantitative estimate of drug-likeness (QED) is 0.0210. The van der Waals surface area contributed by atoms with Crippen molar-refractivity contribution in [2.45, 2.75) is 108 Å². The maximum atomic E-state index is 18.7. The maximum Gasteiger partial charge on any atom is 0.477 e. The lowest BCUT2D eigenvalue weighted by Crippen LogP contribution is -2.50. The Morgan fingerprint density at radius 1 is 0.422 bits per heavy atom. The van der Waals surface area contributed by atoms with Gasteiger partial charge in [-0.2, -0.15) is 31.1 Å². The average Bonchev–Trinajstić information content (AvgIpc) is 0.865. The molecule has 22 nitrogen and oxygen atoms in total. The van der Waals surface area contributed by atoms with Gasteiger partial charge in [0.2, 0.25) is 0 Å². The summed E-state index contributed by atoms with van der Waals surface area (Å²) in [6.07, 6.45) is 22.4. The summed E-state index contributed by atoms with van der Waals surface area (Å²) in [7, 11) is -6.37. The van der Waals surface area contributed by atoms with E-state index in [0.717, 1.165) is 109 Å². The molecule has 9 aromatic rings. The number of hydrogen-bond acceptors (Lipinski definition) is 22. The number of aromatic nitrogens is 9.